The fourth-order valence-electron chi connectivity index (χ4n) is 7.04. The molecule has 3 saturated heterocycles. The highest BCUT2D eigenvalue weighted by Crippen LogP contribution is 2.49. The molecule has 0 spiro atoms. The van der Waals surface area contributed by atoms with Crippen LogP contribution in [0.5, 0.6) is 5.75 Å². The van der Waals surface area contributed by atoms with Crippen molar-refractivity contribution < 1.29 is 48.0 Å². The largest absolute Gasteiger partial charge is 0.495 e. The van der Waals surface area contributed by atoms with Crippen LogP contribution in [0.25, 0.3) is 0 Å². The summed E-state index contributed by atoms with van der Waals surface area (Å²) in [4.78, 5) is 57.4. The van der Waals surface area contributed by atoms with Crippen LogP contribution in [0, 0.1) is 5.92 Å². The van der Waals surface area contributed by atoms with Crippen molar-refractivity contribution in [2.24, 2.45) is 5.92 Å². The summed E-state index contributed by atoms with van der Waals surface area (Å²) in [7, 11) is 7.51. The summed E-state index contributed by atoms with van der Waals surface area (Å²) < 4.78 is 29.2. The lowest BCUT2D eigenvalue weighted by Crippen LogP contribution is -2.63. The highest BCUT2D eigenvalue weighted by atomic mass is 35.5. The number of esters is 1. The summed E-state index contributed by atoms with van der Waals surface area (Å²) in [6.45, 7) is 5.26. The fraction of sp³-hybridized carbons (Fsp3) is 0.600. The number of allylic oxidation sites excluding steroid dienone is 3. The lowest BCUT2D eigenvalue weighted by atomic mass is 9.83. The van der Waals surface area contributed by atoms with Gasteiger partial charge in [0.15, 0.2) is 5.72 Å². The molecule has 1 aromatic rings. The zero-order valence-electron chi connectivity index (χ0n) is 29.8. The van der Waals surface area contributed by atoms with Crippen LogP contribution >= 0.6 is 33.2 Å². The van der Waals surface area contributed by atoms with Gasteiger partial charge in [0.2, 0.25) is 11.8 Å². The molecule has 16 heteroatoms. The molecule has 6 bridgehead atoms. The second-order valence-electron chi connectivity index (χ2n) is 13.5. The molecule has 5 rings (SSSR count). The third kappa shape index (κ3) is 8.33. The van der Waals surface area contributed by atoms with E-state index in [0.717, 1.165) is 11.1 Å². The van der Waals surface area contributed by atoms with Crippen molar-refractivity contribution in [3.63, 3.8) is 0 Å². The first kappa shape index (κ1) is 39.3. The molecule has 51 heavy (non-hydrogen) atoms. The number of halogens is 1. The molecule has 3 amide bonds. The van der Waals surface area contributed by atoms with Crippen LogP contribution in [-0.2, 0) is 39.8 Å². The smallest absolute Gasteiger partial charge is 0.409 e. The number of nitrogens with zero attached hydrogens (tertiary/aromatic N) is 2. The minimum atomic E-state index is -1.81. The Morgan fingerprint density at radius 2 is 1.98 bits per heavy atom. The minimum absolute atomic E-state index is 0.0352. The van der Waals surface area contributed by atoms with Crippen molar-refractivity contribution in [2.45, 2.75) is 88.2 Å². The predicted molar refractivity (Wildman–Crippen MR) is 195 cm³/mol. The number of ether oxygens (including phenoxy) is 5. The van der Waals surface area contributed by atoms with Crippen molar-refractivity contribution in [2.75, 3.05) is 44.7 Å². The van der Waals surface area contributed by atoms with Crippen molar-refractivity contribution in [3.05, 3.63) is 46.5 Å². The van der Waals surface area contributed by atoms with Gasteiger partial charge in [-0.1, -0.05) is 63.9 Å². The molecule has 13 nitrogen and oxygen atoms in total. The molecule has 4 aliphatic rings. The van der Waals surface area contributed by atoms with Crippen molar-refractivity contribution >= 4 is 62.8 Å². The van der Waals surface area contributed by atoms with E-state index < -0.39 is 65.7 Å². The van der Waals surface area contributed by atoms with Crippen LogP contribution in [0.4, 0.5) is 10.5 Å². The van der Waals surface area contributed by atoms with Gasteiger partial charge < -0.3 is 38.6 Å². The lowest BCUT2D eigenvalue weighted by molar-refractivity contribution is -0.163. The van der Waals surface area contributed by atoms with Gasteiger partial charge in [-0.05, 0) is 44.2 Å². The number of hydrogen-bond acceptors (Lipinski definition) is 12. The zero-order valence-corrected chi connectivity index (χ0v) is 32.2. The normalized spacial score (nSPS) is 34.1. The quantitative estimate of drug-likeness (QED) is 0.176. The highest BCUT2D eigenvalue weighted by Gasteiger charge is 2.65. The fourth-order valence-corrected chi connectivity index (χ4v) is 8.50. The number of alkyl carbamates (subject to hydrolysis) is 1. The van der Waals surface area contributed by atoms with Gasteiger partial charge in [0.05, 0.1) is 31.9 Å². The monoisotopic (exact) mass is 767 g/mol. The van der Waals surface area contributed by atoms with Crippen LogP contribution in [0.15, 0.2) is 35.9 Å². The Morgan fingerprint density at radius 1 is 1.24 bits per heavy atom. The molecule has 4 heterocycles. The zero-order chi connectivity index (χ0) is 37.2. The third-order valence-electron chi connectivity index (χ3n) is 10.1. The molecular formula is C35H46ClN3O10S2. The van der Waals surface area contributed by atoms with Gasteiger partial charge >= 0.3 is 12.1 Å². The molecule has 0 radical (unpaired) electrons. The molecule has 0 saturated carbocycles. The molecule has 2 N–H and O–H groups in total. The Balaban J connectivity index is 1.62. The number of methoxy groups -OCH3 is 2. The summed E-state index contributed by atoms with van der Waals surface area (Å²) >= 11 is 6.90. The maximum atomic E-state index is 14.4. The van der Waals surface area contributed by atoms with Crippen molar-refractivity contribution in [3.8, 4) is 5.75 Å². The number of carbonyl (C=O) groups is 4. The first-order valence-electron chi connectivity index (χ1n) is 16.7. The maximum Gasteiger partial charge on any atom is 0.409 e. The average molecular weight is 768 g/mol. The summed E-state index contributed by atoms with van der Waals surface area (Å²) in [6.07, 6.45) is 3.21. The number of rotatable bonds is 7. The van der Waals surface area contributed by atoms with Gasteiger partial charge in [-0.2, -0.15) is 0 Å². The summed E-state index contributed by atoms with van der Waals surface area (Å²) in [5, 5.41) is 14.4. The van der Waals surface area contributed by atoms with E-state index in [1.54, 1.807) is 31.2 Å². The van der Waals surface area contributed by atoms with Gasteiger partial charge in [-0.25, -0.2) is 9.59 Å². The number of hydrogen-bond donors (Lipinski definition) is 2. The van der Waals surface area contributed by atoms with E-state index in [4.69, 9.17) is 35.3 Å². The molecule has 4 aliphatic heterocycles. The summed E-state index contributed by atoms with van der Waals surface area (Å²) in [6, 6.07) is 2.39. The number of anilines is 1. The molecular weight excluding hydrogens is 722 g/mol. The SMILES string of the molecule is COc1cc2cc(c1Cl)N1C[C@H](N(C)C(=O)CCSSC)C(=O)O[C@@H](CC1=O)[C@]1(C)OC1[C@H](C)[C@@H]1C[C@@](O)(NC(=O)O1)[C@H](OC)/C=C/C=C(\C)C2. The standard InChI is InChI=1S/C35H46ClN3O10S2/c1-19-9-8-10-26(46-6)35(44)17-25(47-33(43)37-35)20(2)31-34(3,49-31)27-16-29(41)39(22-14-21(13-19)15-24(45-5)30(22)36)18-23(32(42)48-27)38(4)28(40)11-12-51-50-7/h8-10,14-15,20,23,25-27,31,44H,11-13,16-18H2,1-7H3,(H,37,43)/b10-8+,19-9+/t20-,23+,25+,26-,27+,31?,34+,35+/m1/s1. The number of fused-ring (bicyclic) bond motifs is 10. The second kappa shape index (κ2) is 16.0. The third-order valence-corrected chi connectivity index (χ3v) is 12.3. The number of amides is 3. The van der Waals surface area contributed by atoms with E-state index in [1.165, 1.54) is 52.7 Å². The topological polar surface area (TPSA) is 156 Å². The number of epoxide rings is 1. The Kier molecular flexibility index (Phi) is 12.3. The number of aliphatic hydroxyl groups is 1. The number of benzene rings is 1. The van der Waals surface area contributed by atoms with Crippen LogP contribution in [-0.4, -0.2) is 115 Å². The van der Waals surface area contributed by atoms with Gasteiger partial charge in [0, 0.05) is 38.7 Å². The van der Waals surface area contributed by atoms with Gasteiger partial charge in [-0.3, -0.25) is 14.9 Å². The van der Waals surface area contributed by atoms with E-state index >= 15 is 0 Å². The van der Waals surface area contributed by atoms with Crippen molar-refractivity contribution in [1.82, 2.24) is 10.2 Å². The Bertz CT molecular complexity index is 1590. The highest BCUT2D eigenvalue weighted by molar-refractivity contribution is 8.76. The lowest BCUT2D eigenvalue weighted by Gasteiger charge is -2.42. The Hall–Kier alpha value is -2.95. The molecule has 1 unspecified atom stereocenters. The first-order valence-corrected chi connectivity index (χ1v) is 19.8. The number of likely N-dealkylation sites (N-methyl/N-ethyl adjacent to an activating group) is 1. The van der Waals surface area contributed by atoms with Crippen LogP contribution in [0.2, 0.25) is 5.02 Å². The Morgan fingerprint density at radius 3 is 2.67 bits per heavy atom. The van der Waals surface area contributed by atoms with Gasteiger partial charge in [0.25, 0.3) is 0 Å². The van der Waals surface area contributed by atoms with E-state index in [1.807, 2.05) is 26.2 Å². The number of carbonyl (C=O) groups excluding carboxylic acids is 4. The van der Waals surface area contributed by atoms with Gasteiger partial charge in [-0.15, -0.1) is 0 Å². The van der Waals surface area contributed by atoms with E-state index in [0.29, 0.717) is 23.6 Å². The maximum absolute atomic E-state index is 14.4. The Labute approximate surface area is 311 Å². The second-order valence-corrected chi connectivity index (χ2v) is 16.6. The number of nitrogens with one attached hydrogen (secondary N) is 1. The minimum Gasteiger partial charge on any atom is -0.495 e. The van der Waals surface area contributed by atoms with Crippen LogP contribution < -0.4 is 15.0 Å². The molecule has 8 atom stereocenters. The molecule has 1 aromatic carbocycles. The molecule has 0 aliphatic carbocycles. The summed E-state index contributed by atoms with van der Waals surface area (Å²) in [5.41, 5.74) is -0.976. The summed E-state index contributed by atoms with van der Waals surface area (Å²) in [5.74, 6) is -1.02. The average Bonchev–Trinajstić information content (AvgIpc) is 3.77. The van der Waals surface area contributed by atoms with Crippen LogP contribution in [0.3, 0.4) is 0 Å². The van der Waals surface area contributed by atoms with E-state index in [-0.39, 0.29) is 36.7 Å². The predicted octanol–water partition coefficient (Wildman–Crippen LogP) is 4.28. The van der Waals surface area contributed by atoms with Gasteiger partial charge in [0.1, 0.15) is 40.7 Å². The van der Waals surface area contributed by atoms with E-state index in [2.05, 4.69) is 5.32 Å². The van der Waals surface area contributed by atoms with Crippen LogP contribution in [0.1, 0.15) is 45.6 Å². The molecule has 0 aromatic heterocycles. The molecule has 280 valence electrons. The van der Waals surface area contributed by atoms with E-state index in [9.17, 15) is 24.3 Å². The molecule has 3 fully saturated rings. The first-order chi connectivity index (χ1) is 24.1. The van der Waals surface area contributed by atoms with Crippen molar-refractivity contribution in [1.29, 1.82) is 0 Å².